The summed E-state index contributed by atoms with van der Waals surface area (Å²) in [4.78, 5) is 17.3. The maximum Gasteiger partial charge on any atom is 0.251 e. The van der Waals surface area contributed by atoms with Crippen molar-refractivity contribution in [3.63, 3.8) is 0 Å². The summed E-state index contributed by atoms with van der Waals surface area (Å²) in [5.41, 5.74) is 1.18. The van der Waals surface area contributed by atoms with Crippen molar-refractivity contribution in [3.05, 3.63) is 47.5 Å². The fourth-order valence-corrected chi connectivity index (χ4v) is 5.27. The first-order valence-electron chi connectivity index (χ1n) is 9.47. The van der Waals surface area contributed by atoms with Crippen molar-refractivity contribution >= 4 is 15.9 Å². The van der Waals surface area contributed by atoms with Crippen molar-refractivity contribution in [2.45, 2.75) is 50.1 Å². The van der Waals surface area contributed by atoms with E-state index in [0.717, 1.165) is 50.2 Å². The Hall–Kier alpha value is -2.19. The first-order chi connectivity index (χ1) is 13.0. The Bertz CT molecular complexity index is 922. The Kier molecular flexibility index (Phi) is 5.01. The number of hydrogen-bond acceptors (Lipinski definition) is 4. The highest BCUT2D eigenvalue weighted by Gasteiger charge is 2.27. The average molecular weight is 388 g/mol. The van der Waals surface area contributed by atoms with Gasteiger partial charge in [0.05, 0.1) is 17.1 Å². The molecule has 1 fully saturated rings. The van der Waals surface area contributed by atoms with Crippen LogP contribution in [-0.4, -0.2) is 41.3 Å². The maximum atomic E-state index is 12.7. The first kappa shape index (κ1) is 18.2. The summed E-state index contributed by atoms with van der Waals surface area (Å²) in [7, 11) is -3.53. The summed E-state index contributed by atoms with van der Waals surface area (Å²) in [5.74, 6) is 0.781. The van der Waals surface area contributed by atoms with E-state index in [1.54, 1.807) is 18.2 Å². The number of sulfonamides is 1. The predicted octanol–water partition coefficient (Wildman–Crippen LogP) is 1.93. The van der Waals surface area contributed by atoms with Crippen molar-refractivity contribution in [2.24, 2.45) is 0 Å². The number of amides is 1. The van der Waals surface area contributed by atoms with Crippen LogP contribution < -0.4 is 5.32 Å². The minimum absolute atomic E-state index is 0.175. The van der Waals surface area contributed by atoms with Gasteiger partial charge in [0, 0.05) is 37.8 Å². The Morgan fingerprint density at radius 3 is 2.67 bits per heavy atom. The zero-order valence-corrected chi connectivity index (χ0v) is 16.0. The molecule has 0 radical (unpaired) electrons. The lowest BCUT2D eigenvalue weighted by molar-refractivity contribution is 0.0950. The SMILES string of the molecule is O=C(NCc1cn2c(n1)CCCC2)c1cccc(S(=O)(=O)N2CCCC2)c1. The van der Waals surface area contributed by atoms with Gasteiger partial charge >= 0.3 is 0 Å². The molecule has 7 nitrogen and oxygen atoms in total. The van der Waals surface area contributed by atoms with Gasteiger partial charge in [-0.05, 0) is 43.9 Å². The molecular weight excluding hydrogens is 364 g/mol. The van der Waals surface area contributed by atoms with Crippen LogP contribution in [0.25, 0.3) is 0 Å². The van der Waals surface area contributed by atoms with Gasteiger partial charge in [-0.2, -0.15) is 4.31 Å². The third kappa shape index (κ3) is 3.77. The molecule has 1 aromatic heterocycles. The van der Waals surface area contributed by atoms with Gasteiger partial charge in [0.1, 0.15) is 5.82 Å². The van der Waals surface area contributed by atoms with Crippen LogP contribution in [0.2, 0.25) is 0 Å². The van der Waals surface area contributed by atoms with Crippen LogP contribution in [0.5, 0.6) is 0 Å². The molecule has 8 heteroatoms. The van der Waals surface area contributed by atoms with E-state index < -0.39 is 10.0 Å². The molecule has 1 aromatic carbocycles. The van der Waals surface area contributed by atoms with Crippen LogP contribution in [-0.2, 0) is 29.5 Å². The summed E-state index contributed by atoms with van der Waals surface area (Å²) in [5, 5.41) is 2.85. The molecule has 0 spiro atoms. The Balaban J connectivity index is 1.45. The largest absolute Gasteiger partial charge is 0.346 e. The zero-order valence-electron chi connectivity index (χ0n) is 15.2. The fourth-order valence-electron chi connectivity index (χ4n) is 3.71. The van der Waals surface area contributed by atoms with Gasteiger partial charge in [-0.1, -0.05) is 6.07 Å². The summed E-state index contributed by atoms with van der Waals surface area (Å²) >= 11 is 0. The smallest absolute Gasteiger partial charge is 0.251 e. The standard InChI is InChI=1S/C19H24N4O3S/c24-19(20-13-16-14-22-9-2-1-8-18(22)21-16)15-6-5-7-17(12-15)27(25,26)23-10-3-4-11-23/h5-7,12,14H,1-4,8-11,13H2,(H,20,24). The van der Waals surface area contributed by atoms with Crippen LogP contribution in [0, 0.1) is 0 Å². The molecule has 3 heterocycles. The molecule has 2 aliphatic heterocycles. The number of fused-ring (bicyclic) bond motifs is 1. The summed E-state index contributed by atoms with van der Waals surface area (Å²) in [6.07, 6.45) is 7.05. The number of carbonyl (C=O) groups is 1. The zero-order chi connectivity index (χ0) is 18.9. The molecule has 27 heavy (non-hydrogen) atoms. The van der Waals surface area contributed by atoms with E-state index in [1.165, 1.54) is 10.4 Å². The lowest BCUT2D eigenvalue weighted by Crippen LogP contribution is -2.28. The van der Waals surface area contributed by atoms with E-state index in [2.05, 4.69) is 14.9 Å². The summed E-state index contributed by atoms with van der Waals surface area (Å²) in [6.45, 7) is 2.40. The molecular formula is C19H24N4O3S. The van der Waals surface area contributed by atoms with Gasteiger partial charge in [-0.15, -0.1) is 0 Å². The number of carbonyl (C=O) groups excluding carboxylic acids is 1. The molecule has 0 bridgehead atoms. The second kappa shape index (κ2) is 7.44. The van der Waals surface area contributed by atoms with Gasteiger partial charge in [0.2, 0.25) is 10.0 Å². The van der Waals surface area contributed by atoms with E-state index in [4.69, 9.17) is 0 Å². The van der Waals surface area contributed by atoms with Crippen molar-refractivity contribution in [1.29, 1.82) is 0 Å². The Morgan fingerprint density at radius 2 is 1.89 bits per heavy atom. The van der Waals surface area contributed by atoms with Gasteiger partial charge in [-0.3, -0.25) is 4.79 Å². The topological polar surface area (TPSA) is 84.3 Å². The number of nitrogens with one attached hydrogen (secondary N) is 1. The van der Waals surface area contributed by atoms with Gasteiger partial charge in [0.25, 0.3) is 5.91 Å². The summed E-state index contributed by atoms with van der Waals surface area (Å²) in [6, 6.07) is 6.26. The second-order valence-electron chi connectivity index (χ2n) is 7.12. The molecule has 0 unspecified atom stereocenters. The van der Waals surface area contributed by atoms with Crippen LogP contribution in [0.4, 0.5) is 0 Å². The highest BCUT2D eigenvalue weighted by Crippen LogP contribution is 2.21. The molecule has 2 aromatic rings. The lowest BCUT2D eigenvalue weighted by Gasteiger charge is -2.16. The van der Waals surface area contributed by atoms with Crippen LogP contribution >= 0.6 is 0 Å². The van der Waals surface area contributed by atoms with Gasteiger partial charge < -0.3 is 9.88 Å². The Morgan fingerprint density at radius 1 is 1.11 bits per heavy atom. The molecule has 1 amide bonds. The number of rotatable bonds is 5. The maximum absolute atomic E-state index is 12.7. The van der Waals surface area contributed by atoms with Crippen molar-refractivity contribution in [3.8, 4) is 0 Å². The third-order valence-corrected chi connectivity index (χ3v) is 7.08. The van der Waals surface area contributed by atoms with E-state index in [9.17, 15) is 13.2 Å². The first-order valence-corrected chi connectivity index (χ1v) is 10.9. The molecule has 1 saturated heterocycles. The molecule has 144 valence electrons. The Labute approximate surface area is 159 Å². The van der Waals surface area contributed by atoms with Gasteiger partial charge in [0.15, 0.2) is 0 Å². The van der Waals surface area contributed by atoms with Crippen molar-refractivity contribution in [1.82, 2.24) is 19.2 Å². The van der Waals surface area contributed by atoms with E-state index in [-0.39, 0.29) is 10.8 Å². The molecule has 0 aliphatic carbocycles. The van der Waals surface area contributed by atoms with E-state index >= 15 is 0 Å². The van der Waals surface area contributed by atoms with Crippen LogP contribution in [0.3, 0.4) is 0 Å². The number of imidazole rings is 1. The van der Waals surface area contributed by atoms with Crippen molar-refractivity contribution < 1.29 is 13.2 Å². The molecule has 0 saturated carbocycles. The second-order valence-corrected chi connectivity index (χ2v) is 9.06. The lowest BCUT2D eigenvalue weighted by atomic mass is 10.2. The predicted molar refractivity (Wildman–Crippen MR) is 101 cm³/mol. The average Bonchev–Trinajstić information content (AvgIpc) is 3.36. The molecule has 0 atom stereocenters. The molecule has 1 N–H and O–H groups in total. The molecule has 2 aliphatic rings. The van der Waals surface area contributed by atoms with E-state index in [1.807, 2.05) is 6.20 Å². The number of hydrogen-bond donors (Lipinski definition) is 1. The number of nitrogens with zero attached hydrogens (tertiary/aromatic N) is 3. The summed E-state index contributed by atoms with van der Waals surface area (Å²) < 4.78 is 29.0. The van der Waals surface area contributed by atoms with Crippen LogP contribution in [0.15, 0.2) is 35.4 Å². The minimum atomic E-state index is -3.53. The van der Waals surface area contributed by atoms with Crippen molar-refractivity contribution in [2.75, 3.05) is 13.1 Å². The minimum Gasteiger partial charge on any atom is -0.346 e. The normalized spacial score (nSPS) is 17.6. The quantitative estimate of drug-likeness (QED) is 0.848. The fraction of sp³-hybridized carbons (Fsp3) is 0.474. The highest BCUT2D eigenvalue weighted by molar-refractivity contribution is 7.89. The third-order valence-electron chi connectivity index (χ3n) is 5.19. The van der Waals surface area contributed by atoms with Gasteiger partial charge in [-0.25, -0.2) is 13.4 Å². The number of aryl methyl sites for hydroxylation is 2. The van der Waals surface area contributed by atoms with Crippen LogP contribution in [0.1, 0.15) is 47.6 Å². The molecule has 4 rings (SSSR count). The number of benzene rings is 1. The highest BCUT2D eigenvalue weighted by atomic mass is 32.2. The van der Waals surface area contributed by atoms with E-state index in [0.29, 0.717) is 25.2 Å². The monoisotopic (exact) mass is 388 g/mol. The number of aromatic nitrogens is 2.